The van der Waals surface area contributed by atoms with Gasteiger partial charge in [-0.2, -0.15) is 0 Å². The van der Waals surface area contributed by atoms with E-state index < -0.39 is 0 Å². The van der Waals surface area contributed by atoms with Gasteiger partial charge in [0.25, 0.3) is 0 Å². The summed E-state index contributed by atoms with van der Waals surface area (Å²) in [6.07, 6.45) is 5.71. The largest absolute Gasteiger partial charge is 0.148 e. The molecule has 0 N–H and O–H groups in total. The maximum Gasteiger partial charge on any atom is 0.0375 e. The predicted molar refractivity (Wildman–Crippen MR) is 71.0 cm³/mol. The zero-order valence-corrected chi connectivity index (χ0v) is 10.1. The fourth-order valence-electron chi connectivity index (χ4n) is 2.39. The average Bonchev–Trinajstić information content (AvgIpc) is 2.94. The molecule has 1 heterocycles. The van der Waals surface area contributed by atoms with E-state index in [1.54, 1.807) is 0 Å². The van der Waals surface area contributed by atoms with Crippen molar-refractivity contribution < 1.29 is 0 Å². The molecule has 0 saturated carbocycles. The lowest BCUT2D eigenvalue weighted by Crippen LogP contribution is -1.96. The summed E-state index contributed by atoms with van der Waals surface area (Å²) < 4.78 is 0. The van der Waals surface area contributed by atoms with Crippen molar-refractivity contribution in [1.29, 1.82) is 0 Å². The first-order valence-electron chi connectivity index (χ1n) is 5.73. The van der Waals surface area contributed by atoms with E-state index in [1.807, 2.05) is 11.3 Å². The average molecular weight is 226 g/mol. The Morgan fingerprint density at radius 3 is 2.94 bits per heavy atom. The molecule has 1 atom stereocenters. The monoisotopic (exact) mass is 226 g/mol. The van der Waals surface area contributed by atoms with Gasteiger partial charge < -0.3 is 0 Å². The van der Waals surface area contributed by atoms with Crippen LogP contribution in [-0.2, 0) is 6.42 Å². The highest BCUT2D eigenvalue weighted by atomic mass is 32.1. The normalized spacial score (nSPS) is 17.7. The molecular formula is C15H14S. The van der Waals surface area contributed by atoms with Gasteiger partial charge in [0, 0.05) is 10.8 Å². The van der Waals surface area contributed by atoms with Crippen LogP contribution < -0.4 is 0 Å². The number of fused-ring (bicyclic) bond motifs is 1. The van der Waals surface area contributed by atoms with E-state index in [4.69, 9.17) is 0 Å². The molecule has 1 heteroatoms. The Balaban J connectivity index is 2.08. The van der Waals surface area contributed by atoms with Crippen LogP contribution in [-0.4, -0.2) is 0 Å². The highest BCUT2D eigenvalue weighted by molar-refractivity contribution is 7.10. The third-order valence-corrected chi connectivity index (χ3v) is 4.29. The van der Waals surface area contributed by atoms with Crippen molar-refractivity contribution in [3.05, 3.63) is 63.4 Å². The Kier molecular flexibility index (Phi) is 2.41. The zero-order valence-electron chi connectivity index (χ0n) is 9.31. The quantitative estimate of drug-likeness (QED) is 0.708. The third kappa shape index (κ3) is 1.43. The topological polar surface area (TPSA) is 0 Å². The molecule has 0 bridgehead atoms. The Labute approximate surface area is 100 Å². The number of hydrogen-bond acceptors (Lipinski definition) is 1. The predicted octanol–water partition coefficient (Wildman–Crippen LogP) is 4.47. The van der Waals surface area contributed by atoms with Gasteiger partial charge in [0.2, 0.25) is 0 Å². The first-order chi connectivity index (χ1) is 7.90. The summed E-state index contributed by atoms with van der Waals surface area (Å²) in [6, 6.07) is 11.0. The molecule has 0 nitrogen and oxygen atoms in total. The molecule has 0 saturated heterocycles. The summed E-state index contributed by atoms with van der Waals surface area (Å²) in [6.45, 7) is 2.23. The van der Waals surface area contributed by atoms with Gasteiger partial charge in [-0.3, -0.25) is 0 Å². The molecule has 0 fully saturated rings. The maximum absolute atomic E-state index is 2.33. The number of aryl methyl sites for hydroxylation is 1. The molecule has 1 aromatic carbocycles. The van der Waals surface area contributed by atoms with Crippen molar-refractivity contribution in [1.82, 2.24) is 0 Å². The molecule has 0 aliphatic heterocycles. The first kappa shape index (κ1) is 9.86. The van der Waals surface area contributed by atoms with E-state index in [0.717, 1.165) is 6.42 Å². The number of hydrogen-bond donors (Lipinski definition) is 0. The summed E-state index contributed by atoms with van der Waals surface area (Å²) in [5.74, 6) is 0.492. The molecule has 80 valence electrons. The van der Waals surface area contributed by atoms with Crippen LogP contribution >= 0.6 is 11.3 Å². The highest BCUT2D eigenvalue weighted by Crippen LogP contribution is 2.39. The second kappa shape index (κ2) is 3.91. The lowest BCUT2D eigenvalue weighted by Gasteiger charge is -2.11. The van der Waals surface area contributed by atoms with Crippen molar-refractivity contribution in [3.8, 4) is 0 Å². The summed E-state index contributed by atoms with van der Waals surface area (Å²) in [5.41, 5.74) is 4.33. The van der Waals surface area contributed by atoms with Crippen molar-refractivity contribution in [2.24, 2.45) is 0 Å². The second-order valence-corrected chi connectivity index (χ2v) is 5.08. The molecule has 3 rings (SSSR count). The van der Waals surface area contributed by atoms with Crippen molar-refractivity contribution in [2.75, 3.05) is 0 Å². The van der Waals surface area contributed by atoms with E-state index in [0.29, 0.717) is 5.92 Å². The summed E-state index contributed by atoms with van der Waals surface area (Å²) in [4.78, 5) is 1.52. The molecule has 16 heavy (non-hydrogen) atoms. The lowest BCUT2D eigenvalue weighted by atomic mass is 9.96. The first-order valence-corrected chi connectivity index (χ1v) is 6.61. The Morgan fingerprint density at radius 1 is 1.19 bits per heavy atom. The number of rotatable bonds is 2. The van der Waals surface area contributed by atoms with Gasteiger partial charge in [-0.15, -0.1) is 11.3 Å². The van der Waals surface area contributed by atoms with Crippen LogP contribution in [0.15, 0.2) is 41.8 Å². The molecule has 0 spiro atoms. The molecule has 0 amide bonds. The Bertz CT molecular complexity index is 534. The van der Waals surface area contributed by atoms with Crippen LogP contribution in [0.3, 0.4) is 0 Å². The molecule has 0 radical (unpaired) electrons. The van der Waals surface area contributed by atoms with E-state index >= 15 is 0 Å². The second-order valence-electron chi connectivity index (χ2n) is 4.13. The number of benzene rings is 1. The fourth-order valence-corrected chi connectivity index (χ4v) is 3.49. The van der Waals surface area contributed by atoms with Gasteiger partial charge in [0.05, 0.1) is 0 Å². The van der Waals surface area contributed by atoms with Crippen LogP contribution in [0.5, 0.6) is 0 Å². The minimum Gasteiger partial charge on any atom is -0.148 e. The van der Waals surface area contributed by atoms with Crippen LogP contribution in [0.25, 0.3) is 6.08 Å². The minimum atomic E-state index is 0.492. The van der Waals surface area contributed by atoms with Crippen molar-refractivity contribution >= 4 is 17.4 Å². The van der Waals surface area contributed by atoms with E-state index in [-0.39, 0.29) is 0 Å². The smallest absolute Gasteiger partial charge is 0.0375 e. The molecule has 1 aliphatic carbocycles. The maximum atomic E-state index is 2.33. The summed E-state index contributed by atoms with van der Waals surface area (Å²) in [7, 11) is 0. The zero-order chi connectivity index (χ0) is 11.0. The van der Waals surface area contributed by atoms with Crippen LogP contribution in [0.4, 0.5) is 0 Å². The summed E-state index contributed by atoms with van der Waals surface area (Å²) >= 11 is 1.88. The van der Waals surface area contributed by atoms with Gasteiger partial charge in [-0.25, -0.2) is 0 Å². The van der Waals surface area contributed by atoms with E-state index in [2.05, 4.69) is 54.8 Å². The molecule has 1 aliphatic rings. The SMILES string of the molecule is CCc1ccsc1C1C=Cc2ccccc21. The van der Waals surface area contributed by atoms with Crippen LogP contribution in [0.2, 0.25) is 0 Å². The van der Waals surface area contributed by atoms with Gasteiger partial charge in [0.15, 0.2) is 0 Å². The molecular weight excluding hydrogens is 212 g/mol. The molecule has 1 unspecified atom stereocenters. The standard InChI is InChI=1S/C15H14S/c1-2-11-9-10-16-15(11)14-8-7-12-5-3-4-6-13(12)14/h3-10,14H,2H2,1H3. The fraction of sp³-hybridized carbons (Fsp3) is 0.200. The lowest BCUT2D eigenvalue weighted by molar-refractivity contribution is 1.02. The minimum absolute atomic E-state index is 0.492. The van der Waals surface area contributed by atoms with Crippen LogP contribution in [0, 0.1) is 0 Å². The van der Waals surface area contributed by atoms with E-state index in [1.165, 1.54) is 21.6 Å². The van der Waals surface area contributed by atoms with E-state index in [9.17, 15) is 0 Å². The van der Waals surface area contributed by atoms with Crippen molar-refractivity contribution in [3.63, 3.8) is 0 Å². The Hall–Kier alpha value is -1.34. The van der Waals surface area contributed by atoms with Crippen molar-refractivity contribution in [2.45, 2.75) is 19.3 Å². The molecule has 2 aromatic rings. The van der Waals surface area contributed by atoms with Crippen LogP contribution in [0.1, 0.15) is 34.4 Å². The van der Waals surface area contributed by atoms with Gasteiger partial charge in [0.1, 0.15) is 0 Å². The van der Waals surface area contributed by atoms with Gasteiger partial charge in [-0.1, -0.05) is 43.3 Å². The number of allylic oxidation sites excluding steroid dienone is 1. The number of thiophene rings is 1. The third-order valence-electron chi connectivity index (χ3n) is 3.24. The van der Waals surface area contributed by atoms with Gasteiger partial charge in [-0.05, 0) is 34.6 Å². The molecule has 1 aromatic heterocycles. The Morgan fingerprint density at radius 2 is 2.06 bits per heavy atom. The van der Waals surface area contributed by atoms with Gasteiger partial charge >= 0.3 is 0 Å². The highest BCUT2D eigenvalue weighted by Gasteiger charge is 2.21. The summed E-state index contributed by atoms with van der Waals surface area (Å²) in [5, 5.41) is 2.21.